The Hall–Kier alpha value is -2.06. The average molecular weight is 441 g/mol. The molecule has 0 atom stereocenters. The molecule has 0 aliphatic carbocycles. The molecule has 1 aromatic carbocycles. The lowest BCUT2D eigenvalue weighted by atomic mass is 10.3. The number of rotatable bonds is 8. The molecule has 0 aliphatic rings. The minimum atomic E-state index is -0.170. The zero-order chi connectivity index (χ0) is 19.1. The SMILES string of the molecule is COc1ccc(OCCN(C)C(=O)CN(C)C(=O)c2ccc(Br)s2)cc1. The number of amides is 2. The van der Waals surface area contributed by atoms with Gasteiger partial charge in [-0.1, -0.05) is 0 Å². The van der Waals surface area contributed by atoms with Crippen LogP contribution in [0.15, 0.2) is 40.2 Å². The van der Waals surface area contributed by atoms with Crippen molar-refractivity contribution in [1.82, 2.24) is 9.80 Å². The number of halogens is 1. The minimum Gasteiger partial charge on any atom is -0.497 e. The number of ether oxygens (including phenoxy) is 2. The van der Waals surface area contributed by atoms with E-state index in [1.54, 1.807) is 32.2 Å². The van der Waals surface area contributed by atoms with Gasteiger partial charge in [-0.3, -0.25) is 9.59 Å². The van der Waals surface area contributed by atoms with E-state index in [1.807, 2.05) is 30.3 Å². The van der Waals surface area contributed by atoms with Crippen LogP contribution in [-0.2, 0) is 4.79 Å². The molecule has 8 heteroatoms. The van der Waals surface area contributed by atoms with Crippen molar-refractivity contribution in [3.05, 3.63) is 45.1 Å². The Balaban J connectivity index is 1.76. The molecule has 1 aromatic heterocycles. The summed E-state index contributed by atoms with van der Waals surface area (Å²) in [6.07, 6.45) is 0. The van der Waals surface area contributed by atoms with Gasteiger partial charge in [0.05, 0.1) is 28.9 Å². The van der Waals surface area contributed by atoms with E-state index in [9.17, 15) is 9.59 Å². The molecular weight excluding hydrogens is 420 g/mol. The Morgan fingerprint density at radius 3 is 2.27 bits per heavy atom. The predicted octanol–water partition coefficient (Wildman–Crippen LogP) is 3.13. The third kappa shape index (κ3) is 5.74. The highest BCUT2D eigenvalue weighted by Gasteiger charge is 2.18. The molecule has 0 unspecified atom stereocenters. The van der Waals surface area contributed by atoms with Crippen molar-refractivity contribution in [2.24, 2.45) is 0 Å². The summed E-state index contributed by atoms with van der Waals surface area (Å²) in [7, 11) is 4.92. The number of thiophene rings is 1. The highest BCUT2D eigenvalue weighted by Crippen LogP contribution is 2.23. The van der Waals surface area contributed by atoms with Gasteiger partial charge in [-0.25, -0.2) is 0 Å². The van der Waals surface area contributed by atoms with Gasteiger partial charge in [0.1, 0.15) is 18.1 Å². The summed E-state index contributed by atoms with van der Waals surface area (Å²) in [5, 5.41) is 0. The number of carbonyl (C=O) groups excluding carboxylic acids is 2. The summed E-state index contributed by atoms with van der Waals surface area (Å²) in [6.45, 7) is 0.814. The van der Waals surface area contributed by atoms with Crippen LogP contribution in [0.5, 0.6) is 11.5 Å². The van der Waals surface area contributed by atoms with Crippen LogP contribution in [0.1, 0.15) is 9.67 Å². The molecule has 2 rings (SSSR count). The first-order chi connectivity index (χ1) is 12.4. The number of carbonyl (C=O) groups is 2. The Morgan fingerprint density at radius 1 is 1.04 bits per heavy atom. The van der Waals surface area contributed by atoms with Crippen molar-refractivity contribution in [1.29, 1.82) is 0 Å². The predicted molar refractivity (Wildman–Crippen MR) is 105 cm³/mol. The normalized spacial score (nSPS) is 10.3. The smallest absolute Gasteiger partial charge is 0.264 e. The fourth-order valence-corrected chi connectivity index (χ4v) is 3.49. The quantitative estimate of drug-likeness (QED) is 0.632. The fraction of sp³-hybridized carbons (Fsp3) is 0.333. The van der Waals surface area contributed by atoms with Gasteiger partial charge in [0.2, 0.25) is 5.91 Å². The van der Waals surface area contributed by atoms with Gasteiger partial charge in [-0.2, -0.15) is 0 Å². The van der Waals surface area contributed by atoms with Crippen LogP contribution in [-0.4, -0.2) is 62.5 Å². The molecule has 26 heavy (non-hydrogen) atoms. The van der Waals surface area contributed by atoms with Crippen molar-refractivity contribution < 1.29 is 19.1 Å². The van der Waals surface area contributed by atoms with E-state index >= 15 is 0 Å². The molecule has 0 aliphatic heterocycles. The Labute approximate surface area is 165 Å². The first kappa shape index (κ1) is 20.3. The van der Waals surface area contributed by atoms with Crippen LogP contribution in [0, 0.1) is 0 Å². The molecule has 0 saturated carbocycles. The first-order valence-corrected chi connectivity index (χ1v) is 9.53. The number of likely N-dealkylation sites (N-methyl/N-ethyl adjacent to an activating group) is 2. The number of benzene rings is 1. The molecule has 0 bridgehead atoms. The van der Waals surface area contributed by atoms with E-state index < -0.39 is 0 Å². The third-order valence-electron chi connectivity index (χ3n) is 3.68. The molecule has 0 N–H and O–H groups in total. The van der Waals surface area contributed by atoms with Gasteiger partial charge in [0.15, 0.2) is 0 Å². The molecule has 6 nitrogen and oxygen atoms in total. The molecule has 1 heterocycles. The summed E-state index contributed by atoms with van der Waals surface area (Å²) in [4.78, 5) is 28.1. The van der Waals surface area contributed by atoms with E-state index in [4.69, 9.17) is 9.47 Å². The van der Waals surface area contributed by atoms with Crippen molar-refractivity contribution in [3.63, 3.8) is 0 Å². The Bertz CT molecular complexity index is 748. The molecule has 0 spiro atoms. The summed E-state index contributed by atoms with van der Waals surface area (Å²) < 4.78 is 11.6. The summed E-state index contributed by atoms with van der Waals surface area (Å²) >= 11 is 4.68. The number of hydrogen-bond acceptors (Lipinski definition) is 5. The minimum absolute atomic E-state index is 0.0212. The second kappa shape index (κ2) is 9.59. The van der Waals surface area contributed by atoms with E-state index in [0.29, 0.717) is 23.8 Å². The van der Waals surface area contributed by atoms with Gasteiger partial charge in [0, 0.05) is 14.1 Å². The van der Waals surface area contributed by atoms with Crippen molar-refractivity contribution in [3.8, 4) is 11.5 Å². The largest absolute Gasteiger partial charge is 0.497 e. The van der Waals surface area contributed by atoms with E-state index in [1.165, 1.54) is 16.2 Å². The van der Waals surface area contributed by atoms with Crippen molar-refractivity contribution in [2.75, 3.05) is 40.9 Å². The van der Waals surface area contributed by atoms with E-state index in [2.05, 4.69) is 15.9 Å². The van der Waals surface area contributed by atoms with Gasteiger partial charge in [0.25, 0.3) is 5.91 Å². The standard InChI is InChI=1S/C18H21BrN2O4S/c1-20(10-11-25-14-6-4-13(24-3)5-7-14)17(22)12-21(2)18(23)15-8-9-16(19)26-15/h4-9H,10-12H2,1-3H3. The second-order valence-corrected chi connectivity index (χ2v) is 8.07. The monoisotopic (exact) mass is 440 g/mol. The van der Waals surface area contributed by atoms with Crippen LogP contribution in [0.2, 0.25) is 0 Å². The van der Waals surface area contributed by atoms with Crippen LogP contribution >= 0.6 is 27.3 Å². The highest BCUT2D eigenvalue weighted by molar-refractivity contribution is 9.11. The second-order valence-electron chi connectivity index (χ2n) is 5.60. The van der Waals surface area contributed by atoms with Gasteiger partial charge in [-0.15, -0.1) is 11.3 Å². The molecule has 0 saturated heterocycles. The molecule has 2 aromatic rings. The molecule has 0 radical (unpaired) electrons. The lowest BCUT2D eigenvalue weighted by Crippen LogP contribution is -2.40. The van der Waals surface area contributed by atoms with Gasteiger partial charge in [-0.05, 0) is 52.3 Å². The molecular formula is C18H21BrN2O4S. The Morgan fingerprint density at radius 2 is 1.69 bits per heavy atom. The molecule has 0 fully saturated rings. The zero-order valence-corrected chi connectivity index (χ0v) is 17.3. The summed E-state index contributed by atoms with van der Waals surface area (Å²) in [5.41, 5.74) is 0. The lowest BCUT2D eigenvalue weighted by Gasteiger charge is -2.22. The number of hydrogen-bond donors (Lipinski definition) is 0. The van der Waals surface area contributed by atoms with Gasteiger partial charge < -0.3 is 19.3 Å². The molecule has 2 amide bonds. The Kier molecular flexibility index (Phi) is 7.47. The summed E-state index contributed by atoms with van der Waals surface area (Å²) in [6, 6.07) is 10.8. The van der Waals surface area contributed by atoms with Crippen LogP contribution in [0.25, 0.3) is 0 Å². The van der Waals surface area contributed by atoms with Crippen molar-refractivity contribution in [2.45, 2.75) is 0 Å². The van der Waals surface area contributed by atoms with E-state index in [0.717, 1.165) is 9.54 Å². The zero-order valence-electron chi connectivity index (χ0n) is 14.9. The third-order valence-corrected chi connectivity index (χ3v) is 5.30. The summed E-state index contributed by atoms with van der Waals surface area (Å²) in [5.74, 6) is 1.16. The number of methoxy groups -OCH3 is 1. The molecule has 140 valence electrons. The lowest BCUT2D eigenvalue weighted by molar-refractivity contribution is -0.130. The van der Waals surface area contributed by atoms with Crippen molar-refractivity contribution >= 4 is 39.1 Å². The fourth-order valence-electron chi connectivity index (χ4n) is 2.11. The first-order valence-electron chi connectivity index (χ1n) is 7.92. The maximum atomic E-state index is 12.3. The van der Waals surface area contributed by atoms with Crippen LogP contribution < -0.4 is 9.47 Å². The maximum Gasteiger partial charge on any atom is 0.264 e. The van der Waals surface area contributed by atoms with E-state index in [-0.39, 0.29) is 18.4 Å². The number of nitrogens with zero attached hydrogens (tertiary/aromatic N) is 2. The van der Waals surface area contributed by atoms with Gasteiger partial charge >= 0.3 is 0 Å². The highest BCUT2D eigenvalue weighted by atomic mass is 79.9. The maximum absolute atomic E-state index is 12.3. The van der Waals surface area contributed by atoms with Crippen LogP contribution in [0.4, 0.5) is 0 Å². The average Bonchev–Trinajstić information content (AvgIpc) is 3.07. The van der Waals surface area contributed by atoms with Crippen LogP contribution in [0.3, 0.4) is 0 Å². The topological polar surface area (TPSA) is 59.1 Å².